The Labute approximate surface area is 183 Å². The molecule has 3 aromatic rings. The number of pyridine rings is 1. The molecule has 1 amide bonds. The summed E-state index contributed by atoms with van der Waals surface area (Å²) in [6.07, 6.45) is 2.48. The molecule has 0 bridgehead atoms. The first kappa shape index (κ1) is 20.2. The van der Waals surface area contributed by atoms with Crippen molar-refractivity contribution >= 4 is 51.3 Å². The van der Waals surface area contributed by atoms with Crippen molar-refractivity contribution in [1.29, 1.82) is 0 Å². The van der Waals surface area contributed by atoms with Crippen LogP contribution in [0.5, 0.6) is 0 Å². The quantitative estimate of drug-likeness (QED) is 0.520. The summed E-state index contributed by atoms with van der Waals surface area (Å²) in [5.41, 5.74) is 7.76. The first-order chi connectivity index (χ1) is 14.0. The van der Waals surface area contributed by atoms with Gasteiger partial charge in [0.2, 0.25) is 0 Å². The van der Waals surface area contributed by atoms with Crippen molar-refractivity contribution in [1.82, 2.24) is 9.88 Å². The Kier molecular flexibility index (Phi) is 6.06. The number of rotatable bonds is 6. The zero-order chi connectivity index (χ0) is 20.4. The fraction of sp³-hybridized carbons (Fsp3) is 0.238. The monoisotopic (exact) mass is 446 g/mol. The molecule has 0 radical (unpaired) electrons. The van der Waals surface area contributed by atoms with Gasteiger partial charge in [0.05, 0.1) is 11.3 Å². The number of hydrogen-bond acceptors (Lipinski definition) is 5. The van der Waals surface area contributed by atoms with Gasteiger partial charge in [0.25, 0.3) is 5.91 Å². The number of nitrogens with two attached hydrogens (primary N) is 1. The highest BCUT2D eigenvalue weighted by molar-refractivity contribution is 7.20. The minimum Gasteiger partial charge on any atom is -0.366 e. The molecule has 0 aliphatic carbocycles. The minimum atomic E-state index is -0.513. The van der Waals surface area contributed by atoms with Gasteiger partial charge in [-0.25, -0.2) is 4.98 Å². The highest BCUT2D eigenvalue weighted by Gasteiger charge is 2.18. The molecule has 3 heterocycles. The summed E-state index contributed by atoms with van der Waals surface area (Å²) >= 11 is 13.8. The van der Waals surface area contributed by atoms with E-state index in [0.717, 1.165) is 35.8 Å². The molecule has 4 rings (SSSR count). The van der Waals surface area contributed by atoms with E-state index < -0.39 is 5.91 Å². The van der Waals surface area contributed by atoms with E-state index in [1.165, 1.54) is 24.2 Å². The van der Waals surface area contributed by atoms with Gasteiger partial charge in [-0.3, -0.25) is 9.69 Å². The number of nitrogens with zero attached hydrogens (tertiary/aromatic N) is 2. The van der Waals surface area contributed by atoms with Gasteiger partial charge >= 0.3 is 0 Å². The van der Waals surface area contributed by atoms with E-state index in [2.05, 4.69) is 10.2 Å². The van der Waals surface area contributed by atoms with Crippen LogP contribution >= 0.6 is 34.5 Å². The number of carbonyl (C=O) groups is 1. The number of thiophene rings is 1. The number of anilines is 2. The molecule has 0 unspecified atom stereocenters. The van der Waals surface area contributed by atoms with E-state index >= 15 is 0 Å². The number of hydrogen-bond donors (Lipinski definition) is 2. The predicted molar refractivity (Wildman–Crippen MR) is 120 cm³/mol. The number of primary amides is 1. The van der Waals surface area contributed by atoms with Crippen molar-refractivity contribution in [2.45, 2.75) is 19.4 Å². The van der Waals surface area contributed by atoms with Gasteiger partial charge in [-0.05, 0) is 62.3 Å². The van der Waals surface area contributed by atoms with Crippen LogP contribution < -0.4 is 11.1 Å². The SMILES string of the molecule is NC(=O)c1cc(-c2cc(Cl)ccc2Cl)sc1Nc1cccc(CN2CCCC2)n1. The van der Waals surface area contributed by atoms with Crippen LogP contribution in [0.25, 0.3) is 10.4 Å². The lowest BCUT2D eigenvalue weighted by molar-refractivity contribution is 0.100. The minimum absolute atomic E-state index is 0.396. The predicted octanol–water partition coefficient (Wildman–Crippen LogP) is 5.56. The van der Waals surface area contributed by atoms with Crippen LogP contribution in [0, 0.1) is 0 Å². The number of carbonyl (C=O) groups excluding carboxylic acids is 1. The molecule has 0 atom stereocenters. The Morgan fingerprint density at radius 1 is 1.17 bits per heavy atom. The van der Waals surface area contributed by atoms with Crippen molar-refractivity contribution < 1.29 is 4.79 Å². The summed E-state index contributed by atoms with van der Waals surface area (Å²) in [7, 11) is 0. The van der Waals surface area contributed by atoms with Gasteiger partial charge < -0.3 is 11.1 Å². The van der Waals surface area contributed by atoms with Crippen LogP contribution in [0.3, 0.4) is 0 Å². The van der Waals surface area contributed by atoms with Crippen LogP contribution in [0.4, 0.5) is 10.8 Å². The van der Waals surface area contributed by atoms with Gasteiger partial charge in [-0.2, -0.15) is 0 Å². The molecule has 0 saturated carbocycles. The molecule has 8 heteroatoms. The van der Waals surface area contributed by atoms with Gasteiger partial charge in [0.1, 0.15) is 10.8 Å². The number of nitrogens with one attached hydrogen (secondary N) is 1. The van der Waals surface area contributed by atoms with Crippen LogP contribution in [0.2, 0.25) is 10.0 Å². The Morgan fingerprint density at radius 2 is 1.97 bits per heavy atom. The lowest BCUT2D eigenvalue weighted by atomic mass is 10.1. The first-order valence-corrected chi connectivity index (χ1v) is 10.9. The smallest absolute Gasteiger partial charge is 0.251 e. The lowest BCUT2D eigenvalue weighted by Crippen LogP contribution is -2.19. The normalized spacial score (nSPS) is 14.3. The van der Waals surface area contributed by atoms with Gasteiger partial charge in [0.15, 0.2) is 0 Å². The Morgan fingerprint density at radius 3 is 2.72 bits per heavy atom. The second-order valence-corrected chi connectivity index (χ2v) is 8.86. The molecule has 1 aliphatic rings. The fourth-order valence-electron chi connectivity index (χ4n) is 3.41. The number of likely N-dealkylation sites (tertiary alicyclic amines) is 1. The Bertz CT molecular complexity index is 1050. The van der Waals surface area contributed by atoms with Crippen LogP contribution in [0.15, 0.2) is 42.5 Å². The summed E-state index contributed by atoms with van der Waals surface area (Å²) in [6.45, 7) is 3.05. The van der Waals surface area contributed by atoms with E-state index in [4.69, 9.17) is 33.9 Å². The maximum Gasteiger partial charge on any atom is 0.251 e. The second-order valence-electron chi connectivity index (χ2n) is 6.96. The molecular formula is C21H20Cl2N4OS. The third kappa shape index (κ3) is 4.73. The highest BCUT2D eigenvalue weighted by atomic mass is 35.5. The van der Waals surface area contributed by atoms with E-state index in [-0.39, 0.29) is 0 Å². The summed E-state index contributed by atoms with van der Waals surface area (Å²) in [6, 6.07) is 12.8. The molecule has 150 valence electrons. The van der Waals surface area contributed by atoms with Crippen LogP contribution in [-0.2, 0) is 6.54 Å². The summed E-state index contributed by atoms with van der Waals surface area (Å²) < 4.78 is 0. The van der Waals surface area contributed by atoms with Crippen LogP contribution in [0.1, 0.15) is 28.9 Å². The molecule has 0 spiro atoms. The number of amides is 1. The van der Waals surface area contributed by atoms with E-state index in [1.807, 2.05) is 18.2 Å². The topological polar surface area (TPSA) is 71.2 Å². The molecule has 1 saturated heterocycles. The van der Waals surface area contributed by atoms with Crippen molar-refractivity contribution in [3.8, 4) is 10.4 Å². The van der Waals surface area contributed by atoms with Gasteiger partial charge in [0, 0.05) is 27.0 Å². The van der Waals surface area contributed by atoms with Gasteiger partial charge in [-0.1, -0.05) is 29.3 Å². The van der Waals surface area contributed by atoms with E-state index in [1.54, 1.807) is 24.3 Å². The maximum atomic E-state index is 12.0. The van der Waals surface area contributed by atoms with Gasteiger partial charge in [-0.15, -0.1) is 11.3 Å². The van der Waals surface area contributed by atoms with Crippen molar-refractivity contribution in [3.63, 3.8) is 0 Å². The highest BCUT2D eigenvalue weighted by Crippen LogP contribution is 2.40. The van der Waals surface area contributed by atoms with E-state index in [0.29, 0.717) is 26.4 Å². The van der Waals surface area contributed by atoms with Crippen molar-refractivity contribution in [2.75, 3.05) is 18.4 Å². The molecule has 1 aliphatic heterocycles. The number of halogens is 2. The molecule has 2 aromatic heterocycles. The third-order valence-electron chi connectivity index (χ3n) is 4.82. The number of benzene rings is 1. The summed E-state index contributed by atoms with van der Waals surface area (Å²) in [5.74, 6) is 0.163. The fourth-order valence-corrected chi connectivity index (χ4v) is 4.96. The molecule has 5 nitrogen and oxygen atoms in total. The Balaban J connectivity index is 1.62. The molecule has 1 fully saturated rings. The molecule has 1 aromatic carbocycles. The third-order valence-corrected chi connectivity index (χ3v) is 6.47. The maximum absolute atomic E-state index is 12.0. The largest absolute Gasteiger partial charge is 0.366 e. The zero-order valence-corrected chi connectivity index (χ0v) is 17.9. The standard InChI is InChI=1S/C21H20Cl2N4OS/c22-13-6-7-17(23)15(10-13)18-11-16(20(24)28)21(29-18)26-19-5-3-4-14(25-19)12-27-8-1-2-9-27/h3-7,10-11H,1-2,8-9,12H2,(H2,24,28)(H,25,26). The summed E-state index contributed by atoms with van der Waals surface area (Å²) in [4.78, 5) is 19.9. The van der Waals surface area contributed by atoms with Crippen molar-refractivity contribution in [3.05, 3.63) is 63.8 Å². The summed E-state index contributed by atoms with van der Waals surface area (Å²) in [5, 5.41) is 5.02. The lowest BCUT2D eigenvalue weighted by Gasteiger charge is -2.14. The molecular weight excluding hydrogens is 427 g/mol. The molecule has 29 heavy (non-hydrogen) atoms. The van der Waals surface area contributed by atoms with E-state index in [9.17, 15) is 4.79 Å². The van der Waals surface area contributed by atoms with Crippen LogP contribution in [-0.4, -0.2) is 28.9 Å². The average molecular weight is 447 g/mol. The van der Waals surface area contributed by atoms with Crippen molar-refractivity contribution in [2.24, 2.45) is 5.73 Å². The number of aromatic nitrogens is 1. The zero-order valence-electron chi connectivity index (χ0n) is 15.6. The second kappa shape index (κ2) is 8.71. The Hall–Kier alpha value is -2.12. The average Bonchev–Trinajstić information content (AvgIpc) is 3.34. The molecule has 3 N–H and O–H groups in total. The first-order valence-electron chi connectivity index (χ1n) is 9.34.